The van der Waals surface area contributed by atoms with Gasteiger partial charge in [-0.1, -0.05) is 35.9 Å². The van der Waals surface area contributed by atoms with E-state index < -0.39 is 0 Å². The van der Waals surface area contributed by atoms with Gasteiger partial charge in [-0.25, -0.2) is 0 Å². The zero-order chi connectivity index (χ0) is 18.6. The second-order valence-electron chi connectivity index (χ2n) is 9.08. The van der Waals surface area contributed by atoms with Crippen LogP contribution in [-0.2, 0) is 16.1 Å². The van der Waals surface area contributed by atoms with E-state index in [1.54, 1.807) is 4.90 Å². The number of likely N-dealkylation sites (N-methyl/N-ethyl adjacent to an activating group) is 1. The molecular weight excluding hydrogens is 324 g/mol. The minimum atomic E-state index is -0.0764. The molecule has 0 N–H and O–H groups in total. The maximum Gasteiger partial charge on any atom is 0.233 e. The number of likely N-dealkylation sites (tertiary alicyclic amines) is 1. The van der Waals surface area contributed by atoms with Gasteiger partial charge in [0.15, 0.2) is 0 Å². The summed E-state index contributed by atoms with van der Waals surface area (Å²) in [5.41, 5.74) is 3.92. The Kier molecular flexibility index (Phi) is 4.07. The molecule has 1 saturated carbocycles. The average molecular weight is 353 g/mol. The molecule has 1 aromatic carbocycles. The van der Waals surface area contributed by atoms with E-state index in [0.717, 1.165) is 24.0 Å². The zero-order valence-corrected chi connectivity index (χ0v) is 16.2. The first-order valence-corrected chi connectivity index (χ1v) is 9.68. The Bertz CT molecular complexity index is 765. The molecule has 4 heteroatoms. The van der Waals surface area contributed by atoms with Crippen molar-refractivity contribution in [2.24, 2.45) is 23.7 Å². The van der Waals surface area contributed by atoms with Gasteiger partial charge in [-0.3, -0.25) is 14.5 Å². The summed E-state index contributed by atoms with van der Waals surface area (Å²) in [6, 6.07) is 6.57. The van der Waals surface area contributed by atoms with E-state index in [0.29, 0.717) is 18.4 Å². The van der Waals surface area contributed by atoms with Crippen molar-refractivity contribution >= 4 is 11.8 Å². The summed E-state index contributed by atoms with van der Waals surface area (Å²) in [5.74, 6) is 0.583. The lowest BCUT2D eigenvalue weighted by atomic mass is 9.85. The quantitative estimate of drug-likeness (QED) is 0.464. The standard InChI is InChI=1S/C22H29N2O2/c1-14-5-6-18(15(2)11-14)13-24(3,4)10-9-23-21(25)19-16-7-8-17(12-16)20(19)22(23)26/h5-8,11,16-17,19-20H,9-10,12-13H2,1-4H3/q+1/t16-,17+,19+,20-. The van der Waals surface area contributed by atoms with E-state index in [4.69, 9.17) is 0 Å². The van der Waals surface area contributed by atoms with Crippen LogP contribution in [0.2, 0.25) is 0 Å². The summed E-state index contributed by atoms with van der Waals surface area (Å²) in [5, 5.41) is 0. The number of rotatable bonds is 5. The number of carbonyl (C=O) groups excluding carboxylic acids is 2. The maximum atomic E-state index is 12.8. The SMILES string of the molecule is Cc1ccc(C[N+](C)(C)CCN2C(=O)[C@@H]3[C@H](C2=O)[C@H]2C=C[C@@H]3C2)c(C)c1. The summed E-state index contributed by atoms with van der Waals surface area (Å²) in [6.07, 6.45) is 5.30. The molecule has 4 atom stereocenters. The van der Waals surface area contributed by atoms with E-state index >= 15 is 0 Å². The molecule has 26 heavy (non-hydrogen) atoms. The minimum absolute atomic E-state index is 0.0726. The third-order valence-electron chi connectivity index (χ3n) is 6.59. The van der Waals surface area contributed by atoms with Gasteiger partial charge in [0.1, 0.15) is 6.54 Å². The van der Waals surface area contributed by atoms with Crippen LogP contribution in [0.5, 0.6) is 0 Å². The first-order chi connectivity index (χ1) is 12.3. The topological polar surface area (TPSA) is 37.4 Å². The molecule has 138 valence electrons. The van der Waals surface area contributed by atoms with Crippen molar-refractivity contribution in [3.8, 4) is 0 Å². The molecule has 2 fully saturated rings. The Morgan fingerprint density at radius 3 is 2.23 bits per heavy atom. The Balaban J connectivity index is 1.42. The molecule has 1 heterocycles. The van der Waals surface area contributed by atoms with Gasteiger partial charge < -0.3 is 4.48 Å². The van der Waals surface area contributed by atoms with E-state index in [-0.39, 0.29) is 23.7 Å². The fourth-order valence-corrected chi connectivity index (χ4v) is 5.12. The predicted octanol–water partition coefficient (Wildman–Crippen LogP) is 2.69. The smallest absolute Gasteiger partial charge is 0.233 e. The first kappa shape index (κ1) is 17.5. The highest BCUT2D eigenvalue weighted by Crippen LogP contribution is 2.52. The highest BCUT2D eigenvalue weighted by molar-refractivity contribution is 6.06. The molecule has 0 spiro atoms. The van der Waals surface area contributed by atoms with Crippen molar-refractivity contribution in [1.82, 2.24) is 4.90 Å². The number of quaternary nitrogens is 1. The predicted molar refractivity (Wildman–Crippen MR) is 101 cm³/mol. The summed E-state index contributed by atoms with van der Waals surface area (Å²) >= 11 is 0. The number of fused-ring (bicyclic) bond motifs is 5. The van der Waals surface area contributed by atoms with Gasteiger partial charge >= 0.3 is 0 Å². The molecule has 4 rings (SSSR count). The molecule has 2 bridgehead atoms. The van der Waals surface area contributed by atoms with Crippen LogP contribution >= 0.6 is 0 Å². The molecule has 1 aromatic rings. The molecule has 0 radical (unpaired) electrons. The zero-order valence-electron chi connectivity index (χ0n) is 16.2. The number of allylic oxidation sites excluding steroid dienone is 2. The summed E-state index contributed by atoms with van der Waals surface area (Å²) in [6.45, 7) is 6.48. The van der Waals surface area contributed by atoms with Gasteiger partial charge in [-0.05, 0) is 37.7 Å². The van der Waals surface area contributed by atoms with Gasteiger partial charge in [0.05, 0.1) is 39.0 Å². The molecule has 2 amide bonds. The third kappa shape index (κ3) is 2.81. The number of nitrogens with zero attached hydrogens (tertiary/aromatic N) is 2. The second kappa shape index (κ2) is 6.05. The van der Waals surface area contributed by atoms with Crippen LogP contribution in [0.15, 0.2) is 30.4 Å². The van der Waals surface area contributed by atoms with Gasteiger partial charge in [-0.15, -0.1) is 0 Å². The molecule has 1 saturated heterocycles. The highest BCUT2D eigenvalue weighted by Gasteiger charge is 2.59. The van der Waals surface area contributed by atoms with Gasteiger partial charge in [0.2, 0.25) is 11.8 Å². The number of benzene rings is 1. The highest BCUT2D eigenvalue weighted by atomic mass is 16.2. The minimum Gasteiger partial charge on any atom is -0.323 e. The number of amides is 2. The van der Waals surface area contributed by atoms with Crippen LogP contribution < -0.4 is 0 Å². The van der Waals surface area contributed by atoms with Gasteiger partial charge in [0, 0.05) is 5.56 Å². The van der Waals surface area contributed by atoms with Crippen molar-refractivity contribution in [2.45, 2.75) is 26.8 Å². The Morgan fingerprint density at radius 1 is 1.04 bits per heavy atom. The van der Waals surface area contributed by atoms with Crippen molar-refractivity contribution in [1.29, 1.82) is 0 Å². The van der Waals surface area contributed by atoms with Crippen molar-refractivity contribution in [3.05, 3.63) is 47.0 Å². The Morgan fingerprint density at radius 2 is 1.65 bits per heavy atom. The summed E-state index contributed by atoms with van der Waals surface area (Å²) in [7, 11) is 4.35. The van der Waals surface area contributed by atoms with E-state index in [1.807, 2.05) is 0 Å². The van der Waals surface area contributed by atoms with Crippen molar-refractivity contribution in [3.63, 3.8) is 0 Å². The van der Waals surface area contributed by atoms with E-state index in [9.17, 15) is 9.59 Å². The first-order valence-electron chi connectivity index (χ1n) is 9.68. The molecule has 2 aliphatic carbocycles. The van der Waals surface area contributed by atoms with Gasteiger partial charge in [-0.2, -0.15) is 0 Å². The lowest BCUT2D eigenvalue weighted by molar-refractivity contribution is -0.902. The van der Waals surface area contributed by atoms with Crippen LogP contribution in [0.3, 0.4) is 0 Å². The van der Waals surface area contributed by atoms with E-state index in [2.05, 4.69) is 58.3 Å². The summed E-state index contributed by atoms with van der Waals surface area (Å²) < 4.78 is 0.765. The molecule has 0 aromatic heterocycles. The molecule has 0 unspecified atom stereocenters. The lowest BCUT2D eigenvalue weighted by Gasteiger charge is -2.32. The fourth-order valence-electron chi connectivity index (χ4n) is 5.12. The monoisotopic (exact) mass is 353 g/mol. The molecule has 4 nitrogen and oxygen atoms in total. The largest absolute Gasteiger partial charge is 0.323 e. The fraction of sp³-hybridized carbons (Fsp3) is 0.545. The normalized spacial score (nSPS) is 29.8. The number of carbonyl (C=O) groups is 2. The lowest BCUT2D eigenvalue weighted by Crippen LogP contribution is -2.46. The maximum absolute atomic E-state index is 12.8. The number of imide groups is 1. The van der Waals surface area contributed by atoms with Crippen LogP contribution in [0.1, 0.15) is 23.1 Å². The number of hydrogen-bond donors (Lipinski definition) is 0. The van der Waals surface area contributed by atoms with Gasteiger partial charge in [0.25, 0.3) is 0 Å². The molecule has 3 aliphatic rings. The van der Waals surface area contributed by atoms with E-state index in [1.165, 1.54) is 16.7 Å². The second-order valence-corrected chi connectivity index (χ2v) is 9.08. The summed E-state index contributed by atoms with van der Waals surface area (Å²) in [4.78, 5) is 27.2. The van der Waals surface area contributed by atoms with Crippen molar-refractivity contribution < 1.29 is 14.1 Å². The Labute approximate surface area is 156 Å². The van der Waals surface area contributed by atoms with Crippen LogP contribution in [0.4, 0.5) is 0 Å². The molecular formula is C22H29N2O2+. The third-order valence-corrected chi connectivity index (χ3v) is 6.59. The van der Waals surface area contributed by atoms with Crippen LogP contribution in [-0.4, -0.2) is 48.4 Å². The van der Waals surface area contributed by atoms with Crippen molar-refractivity contribution in [2.75, 3.05) is 27.2 Å². The van der Waals surface area contributed by atoms with Crippen LogP contribution in [0.25, 0.3) is 0 Å². The molecule has 1 aliphatic heterocycles. The van der Waals surface area contributed by atoms with Crippen LogP contribution in [0, 0.1) is 37.5 Å². The average Bonchev–Trinajstić information content (AvgIpc) is 3.23. The number of hydrogen-bond acceptors (Lipinski definition) is 2. The Hall–Kier alpha value is -1.94. The number of aryl methyl sites for hydroxylation is 2.